The molecule has 2 heteroatoms. The first-order valence-corrected chi connectivity index (χ1v) is 6.80. The molecule has 1 unspecified atom stereocenters. The molecule has 2 heterocycles. The highest BCUT2D eigenvalue weighted by Crippen LogP contribution is 2.44. The molecule has 0 bridgehead atoms. The second-order valence-corrected chi connectivity index (χ2v) is 5.80. The van der Waals surface area contributed by atoms with E-state index in [1.54, 1.807) is 5.56 Å². The van der Waals surface area contributed by atoms with Crippen LogP contribution in [0.3, 0.4) is 0 Å². The van der Waals surface area contributed by atoms with Gasteiger partial charge in [0, 0.05) is 30.2 Å². The fraction of sp³-hybridized carbons (Fsp3) is 0.600. The van der Waals surface area contributed by atoms with Gasteiger partial charge in [-0.1, -0.05) is 18.2 Å². The molecule has 1 fully saturated rings. The van der Waals surface area contributed by atoms with Gasteiger partial charge in [-0.15, -0.1) is 0 Å². The van der Waals surface area contributed by atoms with Gasteiger partial charge in [-0.2, -0.15) is 0 Å². The molecule has 0 aromatic heterocycles. The van der Waals surface area contributed by atoms with E-state index in [2.05, 4.69) is 48.3 Å². The Balaban J connectivity index is 2.04. The van der Waals surface area contributed by atoms with Gasteiger partial charge in [0.15, 0.2) is 0 Å². The summed E-state index contributed by atoms with van der Waals surface area (Å²) in [5.41, 5.74) is 3.41. The van der Waals surface area contributed by atoms with Crippen LogP contribution in [0.4, 0.5) is 5.69 Å². The number of hydrogen-bond donors (Lipinski definition) is 1. The van der Waals surface area contributed by atoms with Crippen LogP contribution in [0, 0.1) is 0 Å². The van der Waals surface area contributed by atoms with E-state index in [1.165, 1.54) is 31.6 Å². The summed E-state index contributed by atoms with van der Waals surface area (Å²) in [5, 5.41) is 3.59. The Morgan fingerprint density at radius 1 is 1.29 bits per heavy atom. The van der Waals surface area contributed by atoms with Crippen LogP contribution in [-0.2, 0) is 5.41 Å². The third-order valence-corrected chi connectivity index (χ3v) is 4.35. The average molecular weight is 230 g/mol. The summed E-state index contributed by atoms with van der Waals surface area (Å²) in [4.78, 5) is 2.57. The van der Waals surface area contributed by atoms with Gasteiger partial charge >= 0.3 is 0 Å². The summed E-state index contributed by atoms with van der Waals surface area (Å²) < 4.78 is 0. The predicted molar refractivity (Wildman–Crippen MR) is 72.7 cm³/mol. The third-order valence-electron chi connectivity index (χ3n) is 4.35. The van der Waals surface area contributed by atoms with Crippen LogP contribution >= 0.6 is 0 Å². The number of piperidine rings is 1. The first-order chi connectivity index (χ1) is 8.23. The lowest BCUT2D eigenvalue weighted by Crippen LogP contribution is -2.47. The third kappa shape index (κ3) is 1.66. The maximum absolute atomic E-state index is 3.59. The number of anilines is 1. The summed E-state index contributed by atoms with van der Waals surface area (Å²) in [7, 11) is 0. The van der Waals surface area contributed by atoms with Crippen molar-refractivity contribution in [3.8, 4) is 0 Å². The van der Waals surface area contributed by atoms with Gasteiger partial charge in [-0.25, -0.2) is 0 Å². The molecule has 1 N–H and O–H groups in total. The molecule has 1 aromatic carbocycles. The van der Waals surface area contributed by atoms with Crippen LogP contribution in [-0.4, -0.2) is 25.7 Å². The van der Waals surface area contributed by atoms with Gasteiger partial charge in [-0.05, 0) is 44.9 Å². The molecule has 0 saturated carbocycles. The van der Waals surface area contributed by atoms with E-state index < -0.39 is 0 Å². The molecular formula is C15H22N2. The smallest absolute Gasteiger partial charge is 0.0408 e. The summed E-state index contributed by atoms with van der Waals surface area (Å²) >= 11 is 0. The second-order valence-electron chi connectivity index (χ2n) is 5.80. The van der Waals surface area contributed by atoms with Gasteiger partial charge in [-0.3, -0.25) is 0 Å². The molecule has 1 spiro atoms. The Morgan fingerprint density at radius 3 is 2.82 bits per heavy atom. The van der Waals surface area contributed by atoms with Crippen LogP contribution in [0.15, 0.2) is 24.3 Å². The Hall–Kier alpha value is -1.02. The average Bonchev–Trinajstić information content (AvgIpc) is 2.66. The molecule has 17 heavy (non-hydrogen) atoms. The Labute approximate surface area is 104 Å². The molecule has 0 radical (unpaired) electrons. The van der Waals surface area contributed by atoms with Gasteiger partial charge < -0.3 is 10.2 Å². The Kier molecular flexibility index (Phi) is 2.62. The zero-order chi connectivity index (χ0) is 11.9. The van der Waals surface area contributed by atoms with Crippen molar-refractivity contribution in [3.05, 3.63) is 29.8 Å². The monoisotopic (exact) mass is 230 g/mol. The molecular weight excluding hydrogens is 208 g/mol. The fourth-order valence-corrected chi connectivity index (χ4v) is 3.46. The van der Waals surface area contributed by atoms with Crippen molar-refractivity contribution < 1.29 is 0 Å². The normalized spacial score (nSPS) is 27.8. The van der Waals surface area contributed by atoms with Crippen molar-refractivity contribution in [2.75, 3.05) is 24.5 Å². The Bertz CT molecular complexity index is 405. The minimum atomic E-state index is 0.374. The highest BCUT2D eigenvalue weighted by Gasteiger charge is 2.43. The highest BCUT2D eigenvalue weighted by molar-refractivity contribution is 5.63. The van der Waals surface area contributed by atoms with Gasteiger partial charge in [0.2, 0.25) is 0 Å². The number of nitrogens with zero attached hydrogens (tertiary/aromatic N) is 1. The molecule has 0 aliphatic carbocycles. The first kappa shape index (κ1) is 11.1. The van der Waals surface area contributed by atoms with E-state index in [1.807, 2.05) is 0 Å². The second kappa shape index (κ2) is 4.02. The SMILES string of the molecule is CC(C)N1CC2(CCCNC2)c2ccccc21. The van der Waals surface area contributed by atoms with Crippen molar-refractivity contribution in [2.24, 2.45) is 0 Å². The quantitative estimate of drug-likeness (QED) is 0.797. The van der Waals surface area contributed by atoms with E-state index in [0.29, 0.717) is 11.5 Å². The summed E-state index contributed by atoms with van der Waals surface area (Å²) in [6, 6.07) is 9.59. The van der Waals surface area contributed by atoms with E-state index in [9.17, 15) is 0 Å². The molecule has 92 valence electrons. The van der Waals surface area contributed by atoms with E-state index in [-0.39, 0.29) is 0 Å². The number of rotatable bonds is 1. The molecule has 2 aliphatic heterocycles. The summed E-state index contributed by atoms with van der Waals surface area (Å²) in [5.74, 6) is 0. The largest absolute Gasteiger partial charge is 0.368 e. The fourth-order valence-electron chi connectivity index (χ4n) is 3.46. The first-order valence-electron chi connectivity index (χ1n) is 6.80. The Morgan fingerprint density at radius 2 is 2.12 bits per heavy atom. The van der Waals surface area contributed by atoms with Gasteiger partial charge in [0.1, 0.15) is 0 Å². The van der Waals surface area contributed by atoms with Crippen LogP contribution in [0.5, 0.6) is 0 Å². The van der Waals surface area contributed by atoms with Crippen molar-refractivity contribution >= 4 is 5.69 Å². The highest BCUT2D eigenvalue weighted by atomic mass is 15.2. The lowest BCUT2D eigenvalue weighted by Gasteiger charge is -2.35. The maximum atomic E-state index is 3.59. The van der Waals surface area contributed by atoms with E-state index in [4.69, 9.17) is 0 Å². The number of para-hydroxylation sites is 1. The van der Waals surface area contributed by atoms with Crippen LogP contribution in [0.25, 0.3) is 0 Å². The number of nitrogens with one attached hydrogen (secondary N) is 1. The topological polar surface area (TPSA) is 15.3 Å². The number of hydrogen-bond acceptors (Lipinski definition) is 2. The van der Waals surface area contributed by atoms with Crippen molar-refractivity contribution in [2.45, 2.75) is 38.1 Å². The number of fused-ring (bicyclic) bond motifs is 2. The van der Waals surface area contributed by atoms with Gasteiger partial charge in [0.25, 0.3) is 0 Å². The standard InChI is InChI=1S/C15H22N2/c1-12(2)17-11-15(8-5-9-16-10-15)13-6-3-4-7-14(13)17/h3-4,6-7,12,16H,5,8-11H2,1-2H3. The van der Waals surface area contributed by atoms with Crippen molar-refractivity contribution in [3.63, 3.8) is 0 Å². The van der Waals surface area contributed by atoms with Crippen LogP contribution in [0.1, 0.15) is 32.3 Å². The molecule has 3 rings (SSSR count). The van der Waals surface area contributed by atoms with Crippen molar-refractivity contribution in [1.29, 1.82) is 0 Å². The molecule has 1 saturated heterocycles. The van der Waals surface area contributed by atoms with E-state index in [0.717, 1.165) is 6.54 Å². The van der Waals surface area contributed by atoms with Crippen LogP contribution in [0.2, 0.25) is 0 Å². The molecule has 1 atom stereocenters. The number of benzene rings is 1. The van der Waals surface area contributed by atoms with Crippen LogP contribution < -0.4 is 10.2 Å². The van der Waals surface area contributed by atoms with E-state index >= 15 is 0 Å². The summed E-state index contributed by atoms with van der Waals surface area (Å²) in [6.07, 6.45) is 2.64. The molecule has 2 nitrogen and oxygen atoms in total. The summed E-state index contributed by atoms with van der Waals surface area (Å²) in [6.45, 7) is 8.12. The molecule has 0 amide bonds. The predicted octanol–water partition coefficient (Wildman–Crippen LogP) is 2.54. The lowest BCUT2D eigenvalue weighted by atomic mass is 9.76. The minimum Gasteiger partial charge on any atom is -0.368 e. The minimum absolute atomic E-state index is 0.374. The zero-order valence-electron chi connectivity index (χ0n) is 10.9. The lowest BCUT2D eigenvalue weighted by molar-refractivity contribution is 0.326. The molecule has 2 aliphatic rings. The van der Waals surface area contributed by atoms with Crippen molar-refractivity contribution in [1.82, 2.24) is 5.32 Å². The maximum Gasteiger partial charge on any atom is 0.0408 e. The molecule has 1 aromatic rings. The zero-order valence-corrected chi connectivity index (χ0v) is 10.9. The van der Waals surface area contributed by atoms with Gasteiger partial charge in [0.05, 0.1) is 0 Å².